The number of nitrogens with zero attached hydrogens (tertiary/aromatic N) is 1. The van der Waals surface area contributed by atoms with E-state index in [9.17, 15) is 4.79 Å². The number of benzene rings is 1. The number of carbonyl (C=O) groups excluding carboxylic acids is 1. The molecule has 2 fully saturated rings. The third-order valence-corrected chi connectivity index (χ3v) is 5.31. The summed E-state index contributed by atoms with van der Waals surface area (Å²) >= 11 is 2.03. The summed E-state index contributed by atoms with van der Waals surface area (Å²) in [6.07, 6.45) is 2.08. The molecule has 0 radical (unpaired) electrons. The average Bonchev–Trinajstić information content (AvgIpc) is 2.57. The van der Waals surface area contributed by atoms with Crippen LogP contribution in [0.2, 0.25) is 0 Å². The second-order valence-electron chi connectivity index (χ2n) is 6.12. The van der Waals surface area contributed by atoms with Gasteiger partial charge in [0.25, 0.3) is 0 Å². The first kappa shape index (κ1) is 15.8. The van der Waals surface area contributed by atoms with Gasteiger partial charge >= 0.3 is 0 Å². The van der Waals surface area contributed by atoms with Gasteiger partial charge < -0.3 is 10.6 Å². The van der Waals surface area contributed by atoms with Crippen molar-refractivity contribution in [3.05, 3.63) is 29.8 Å². The van der Waals surface area contributed by atoms with Crippen LogP contribution >= 0.6 is 11.8 Å². The van der Waals surface area contributed by atoms with Crippen LogP contribution in [0.1, 0.15) is 18.4 Å². The summed E-state index contributed by atoms with van der Waals surface area (Å²) in [6.45, 7) is 5.14. The topological polar surface area (TPSA) is 44.4 Å². The first-order chi connectivity index (χ1) is 10.8. The SMILES string of the molecule is O=C(Nc1cccc(CN2CCSCC2)c1)C1CCCNC1. The fourth-order valence-electron chi connectivity index (χ4n) is 3.08. The van der Waals surface area contributed by atoms with Gasteiger partial charge in [0, 0.05) is 43.4 Å². The summed E-state index contributed by atoms with van der Waals surface area (Å²) in [4.78, 5) is 14.8. The minimum atomic E-state index is 0.108. The van der Waals surface area contributed by atoms with Crippen molar-refractivity contribution in [3.8, 4) is 0 Å². The van der Waals surface area contributed by atoms with E-state index in [2.05, 4.69) is 27.7 Å². The predicted octanol–water partition coefficient (Wildman–Crippen LogP) is 2.17. The highest BCUT2D eigenvalue weighted by Crippen LogP contribution is 2.18. The number of nitrogens with one attached hydrogen (secondary N) is 2. The van der Waals surface area contributed by atoms with Gasteiger partial charge in [-0.2, -0.15) is 11.8 Å². The van der Waals surface area contributed by atoms with Crippen molar-refractivity contribution in [3.63, 3.8) is 0 Å². The van der Waals surface area contributed by atoms with Gasteiger partial charge in [0.05, 0.1) is 5.92 Å². The minimum absolute atomic E-state index is 0.108. The molecule has 1 unspecified atom stereocenters. The molecular weight excluding hydrogens is 294 g/mol. The molecule has 0 spiro atoms. The third-order valence-electron chi connectivity index (χ3n) is 4.37. The normalized spacial score (nSPS) is 23.2. The molecule has 2 N–H and O–H groups in total. The second kappa shape index (κ2) is 7.99. The molecule has 120 valence electrons. The van der Waals surface area contributed by atoms with E-state index >= 15 is 0 Å². The summed E-state index contributed by atoms with van der Waals surface area (Å²) in [6, 6.07) is 8.31. The number of thioether (sulfide) groups is 1. The lowest BCUT2D eigenvalue weighted by molar-refractivity contribution is -0.120. The van der Waals surface area contributed by atoms with E-state index in [0.717, 1.165) is 51.3 Å². The Labute approximate surface area is 137 Å². The molecule has 2 aliphatic rings. The Morgan fingerprint density at radius 2 is 2.23 bits per heavy atom. The van der Waals surface area contributed by atoms with E-state index in [1.807, 2.05) is 23.9 Å². The van der Waals surface area contributed by atoms with Gasteiger partial charge in [0.1, 0.15) is 0 Å². The summed E-state index contributed by atoms with van der Waals surface area (Å²) in [5, 5.41) is 6.39. The lowest BCUT2D eigenvalue weighted by atomic mass is 9.99. The van der Waals surface area contributed by atoms with Crippen LogP contribution in [0.5, 0.6) is 0 Å². The standard InChI is InChI=1S/C17H25N3OS/c21-17(15-4-2-6-18-12-15)19-16-5-1-3-14(11-16)13-20-7-9-22-10-8-20/h1,3,5,11,15,18H,2,4,6-10,12-13H2,(H,19,21). The highest BCUT2D eigenvalue weighted by Gasteiger charge is 2.20. The second-order valence-corrected chi connectivity index (χ2v) is 7.35. The van der Waals surface area contributed by atoms with Crippen molar-refractivity contribution in [2.75, 3.05) is 43.0 Å². The average molecular weight is 319 g/mol. The van der Waals surface area contributed by atoms with Gasteiger partial charge in [-0.05, 0) is 37.1 Å². The Kier molecular flexibility index (Phi) is 5.76. The largest absolute Gasteiger partial charge is 0.326 e. The summed E-state index contributed by atoms with van der Waals surface area (Å²) in [5.74, 6) is 2.71. The van der Waals surface area contributed by atoms with Crippen LogP contribution < -0.4 is 10.6 Å². The Bertz CT molecular complexity index is 496. The highest BCUT2D eigenvalue weighted by atomic mass is 32.2. The molecule has 4 nitrogen and oxygen atoms in total. The molecule has 3 rings (SSSR count). The Morgan fingerprint density at radius 1 is 1.36 bits per heavy atom. The van der Waals surface area contributed by atoms with Crippen LogP contribution in [-0.4, -0.2) is 48.5 Å². The Morgan fingerprint density at radius 3 is 3.00 bits per heavy atom. The quantitative estimate of drug-likeness (QED) is 0.893. The van der Waals surface area contributed by atoms with Gasteiger partial charge in [0.15, 0.2) is 0 Å². The lowest BCUT2D eigenvalue weighted by Crippen LogP contribution is -2.37. The van der Waals surface area contributed by atoms with Crippen LogP contribution in [0, 0.1) is 5.92 Å². The molecule has 2 saturated heterocycles. The molecule has 5 heteroatoms. The first-order valence-corrected chi connectivity index (χ1v) is 9.37. The van der Waals surface area contributed by atoms with Gasteiger partial charge in [0.2, 0.25) is 5.91 Å². The molecule has 0 bridgehead atoms. The van der Waals surface area contributed by atoms with Crippen molar-refractivity contribution in [1.29, 1.82) is 0 Å². The van der Waals surface area contributed by atoms with E-state index < -0.39 is 0 Å². The fraction of sp³-hybridized carbons (Fsp3) is 0.588. The molecule has 1 amide bonds. The van der Waals surface area contributed by atoms with E-state index in [1.54, 1.807) is 0 Å². The molecule has 2 heterocycles. The summed E-state index contributed by atoms with van der Waals surface area (Å²) < 4.78 is 0. The van der Waals surface area contributed by atoms with Gasteiger partial charge in [-0.1, -0.05) is 12.1 Å². The van der Waals surface area contributed by atoms with Crippen molar-refractivity contribution in [1.82, 2.24) is 10.2 Å². The maximum absolute atomic E-state index is 12.3. The molecule has 1 atom stereocenters. The van der Waals surface area contributed by atoms with Crippen LogP contribution in [-0.2, 0) is 11.3 Å². The van der Waals surface area contributed by atoms with Crippen molar-refractivity contribution < 1.29 is 4.79 Å². The van der Waals surface area contributed by atoms with Crippen LogP contribution in [0.3, 0.4) is 0 Å². The summed E-state index contributed by atoms with van der Waals surface area (Å²) in [7, 11) is 0. The maximum Gasteiger partial charge on any atom is 0.228 e. The number of anilines is 1. The van der Waals surface area contributed by atoms with Crippen molar-refractivity contribution in [2.24, 2.45) is 5.92 Å². The molecule has 1 aromatic rings. The molecule has 0 aliphatic carbocycles. The van der Waals surface area contributed by atoms with Gasteiger partial charge in [-0.3, -0.25) is 9.69 Å². The zero-order chi connectivity index (χ0) is 15.2. The zero-order valence-corrected chi connectivity index (χ0v) is 13.8. The molecule has 2 aliphatic heterocycles. The zero-order valence-electron chi connectivity index (χ0n) is 13.0. The van der Waals surface area contributed by atoms with E-state index in [-0.39, 0.29) is 11.8 Å². The molecule has 1 aromatic carbocycles. The van der Waals surface area contributed by atoms with Gasteiger partial charge in [-0.25, -0.2) is 0 Å². The van der Waals surface area contributed by atoms with Crippen LogP contribution in [0.15, 0.2) is 24.3 Å². The third kappa shape index (κ3) is 4.48. The Balaban J connectivity index is 1.57. The summed E-state index contributed by atoms with van der Waals surface area (Å²) in [5.41, 5.74) is 2.21. The predicted molar refractivity (Wildman–Crippen MR) is 93.3 cm³/mol. The number of amides is 1. The smallest absolute Gasteiger partial charge is 0.228 e. The van der Waals surface area contributed by atoms with Crippen LogP contribution in [0.4, 0.5) is 5.69 Å². The number of rotatable bonds is 4. The number of hydrogen-bond donors (Lipinski definition) is 2. The van der Waals surface area contributed by atoms with E-state index in [1.165, 1.54) is 17.1 Å². The monoisotopic (exact) mass is 319 g/mol. The van der Waals surface area contributed by atoms with E-state index in [0.29, 0.717) is 0 Å². The van der Waals surface area contributed by atoms with Gasteiger partial charge in [-0.15, -0.1) is 0 Å². The fourth-order valence-corrected chi connectivity index (χ4v) is 4.06. The highest BCUT2D eigenvalue weighted by molar-refractivity contribution is 7.99. The molecule has 0 saturated carbocycles. The molecule has 22 heavy (non-hydrogen) atoms. The number of hydrogen-bond acceptors (Lipinski definition) is 4. The Hall–Kier alpha value is -1.04. The van der Waals surface area contributed by atoms with Crippen molar-refractivity contribution >= 4 is 23.4 Å². The number of piperidine rings is 1. The lowest BCUT2D eigenvalue weighted by Gasteiger charge is -2.26. The van der Waals surface area contributed by atoms with Crippen LogP contribution in [0.25, 0.3) is 0 Å². The molecular formula is C17H25N3OS. The number of carbonyl (C=O) groups is 1. The maximum atomic E-state index is 12.3. The van der Waals surface area contributed by atoms with Crippen molar-refractivity contribution in [2.45, 2.75) is 19.4 Å². The minimum Gasteiger partial charge on any atom is -0.326 e. The first-order valence-electron chi connectivity index (χ1n) is 8.22. The van der Waals surface area contributed by atoms with E-state index in [4.69, 9.17) is 0 Å². The molecule has 0 aromatic heterocycles.